The predicted molar refractivity (Wildman–Crippen MR) is 60.2 cm³/mol. The monoisotopic (exact) mass is 229 g/mol. The highest BCUT2D eigenvalue weighted by molar-refractivity contribution is 7.15. The first kappa shape index (κ1) is 12.1. The Labute approximate surface area is 92.9 Å². The number of aryl methyl sites for hydroxylation is 1. The average molecular weight is 229 g/mol. The summed E-state index contributed by atoms with van der Waals surface area (Å²) in [6, 6.07) is 0. The molecular formula is C9H15N3O2S. The maximum Gasteiger partial charge on any atom is 0.240 e. The van der Waals surface area contributed by atoms with Crippen LogP contribution in [0.15, 0.2) is 6.20 Å². The lowest BCUT2D eigenvalue weighted by atomic mass is 10.5. The molecule has 0 aliphatic rings. The topological polar surface area (TPSA) is 63.2 Å². The zero-order valence-electron chi connectivity index (χ0n) is 8.87. The van der Waals surface area contributed by atoms with Crippen molar-refractivity contribution in [2.24, 2.45) is 0 Å². The molecule has 0 atom stereocenters. The third kappa shape index (κ3) is 4.87. The molecule has 1 heterocycles. The average Bonchev–Trinajstić information content (AvgIpc) is 2.59. The molecule has 0 bridgehead atoms. The number of hydrogen-bond acceptors (Lipinski definition) is 5. The number of nitrogens with one attached hydrogen (secondary N) is 2. The second kappa shape index (κ2) is 6.49. The highest BCUT2D eigenvalue weighted by atomic mass is 32.1. The van der Waals surface area contributed by atoms with Gasteiger partial charge in [-0.3, -0.25) is 4.79 Å². The standard InChI is InChI=1S/C9H15N3O2S/c1-7-5-11-9(15-7)12-8(13)6-10-3-4-14-2/h5,10H,3-4,6H2,1-2H3,(H,11,12,13). The van der Waals surface area contributed by atoms with Crippen molar-refractivity contribution in [2.45, 2.75) is 6.92 Å². The minimum absolute atomic E-state index is 0.0829. The summed E-state index contributed by atoms with van der Waals surface area (Å²) in [4.78, 5) is 16.5. The highest BCUT2D eigenvalue weighted by Crippen LogP contribution is 2.15. The first-order valence-corrected chi connectivity index (χ1v) is 5.46. The van der Waals surface area contributed by atoms with Gasteiger partial charge in [0, 0.05) is 24.7 Å². The molecule has 0 radical (unpaired) electrons. The van der Waals surface area contributed by atoms with E-state index in [-0.39, 0.29) is 12.5 Å². The zero-order chi connectivity index (χ0) is 11.1. The van der Waals surface area contributed by atoms with E-state index in [0.29, 0.717) is 18.3 Å². The normalized spacial score (nSPS) is 10.3. The quantitative estimate of drug-likeness (QED) is 0.702. The van der Waals surface area contributed by atoms with E-state index < -0.39 is 0 Å². The van der Waals surface area contributed by atoms with Crippen LogP contribution in [0.4, 0.5) is 5.13 Å². The summed E-state index contributed by atoms with van der Waals surface area (Å²) < 4.78 is 4.84. The Balaban J connectivity index is 2.18. The highest BCUT2D eigenvalue weighted by Gasteiger charge is 2.03. The van der Waals surface area contributed by atoms with Gasteiger partial charge in [0.25, 0.3) is 0 Å². The third-order valence-electron chi connectivity index (χ3n) is 1.64. The summed E-state index contributed by atoms with van der Waals surface area (Å²) in [5.74, 6) is -0.0829. The molecule has 15 heavy (non-hydrogen) atoms. The second-order valence-electron chi connectivity index (χ2n) is 2.99. The van der Waals surface area contributed by atoms with Crippen molar-refractivity contribution in [3.8, 4) is 0 Å². The van der Waals surface area contributed by atoms with Gasteiger partial charge in [0.1, 0.15) is 0 Å². The Morgan fingerprint density at radius 1 is 1.67 bits per heavy atom. The summed E-state index contributed by atoms with van der Waals surface area (Å²) in [7, 11) is 1.63. The summed E-state index contributed by atoms with van der Waals surface area (Å²) in [6.45, 7) is 3.50. The van der Waals surface area contributed by atoms with Gasteiger partial charge in [0.05, 0.1) is 13.2 Å². The van der Waals surface area contributed by atoms with E-state index in [1.54, 1.807) is 13.3 Å². The third-order valence-corrected chi connectivity index (χ3v) is 2.46. The molecule has 0 saturated carbocycles. The predicted octanol–water partition coefficient (Wildman–Crippen LogP) is 0.626. The molecule has 0 aliphatic carbocycles. The van der Waals surface area contributed by atoms with E-state index >= 15 is 0 Å². The molecule has 0 unspecified atom stereocenters. The Kier molecular flexibility index (Phi) is 5.23. The molecule has 6 heteroatoms. The number of methoxy groups -OCH3 is 1. The lowest BCUT2D eigenvalue weighted by molar-refractivity contribution is -0.115. The molecule has 1 rings (SSSR count). The van der Waals surface area contributed by atoms with Gasteiger partial charge in [-0.1, -0.05) is 0 Å². The Hall–Kier alpha value is -0.980. The van der Waals surface area contributed by atoms with E-state index in [0.717, 1.165) is 4.88 Å². The summed E-state index contributed by atoms with van der Waals surface area (Å²) in [5.41, 5.74) is 0. The van der Waals surface area contributed by atoms with Crippen LogP contribution in [0.2, 0.25) is 0 Å². The Morgan fingerprint density at radius 2 is 2.47 bits per heavy atom. The van der Waals surface area contributed by atoms with Crippen LogP contribution >= 0.6 is 11.3 Å². The van der Waals surface area contributed by atoms with Crippen LogP contribution in [0.5, 0.6) is 0 Å². The van der Waals surface area contributed by atoms with Crippen molar-refractivity contribution in [2.75, 3.05) is 32.1 Å². The van der Waals surface area contributed by atoms with Gasteiger partial charge in [-0.15, -0.1) is 11.3 Å². The molecule has 0 spiro atoms. The number of aromatic nitrogens is 1. The Morgan fingerprint density at radius 3 is 3.07 bits per heavy atom. The van der Waals surface area contributed by atoms with Gasteiger partial charge in [0.2, 0.25) is 5.91 Å². The summed E-state index contributed by atoms with van der Waals surface area (Å²) >= 11 is 1.46. The number of thiazole rings is 1. The van der Waals surface area contributed by atoms with Crippen molar-refractivity contribution in [1.29, 1.82) is 0 Å². The van der Waals surface area contributed by atoms with E-state index in [1.807, 2.05) is 6.92 Å². The fourth-order valence-corrected chi connectivity index (χ4v) is 1.63. The number of ether oxygens (including phenoxy) is 1. The number of nitrogens with zero attached hydrogens (tertiary/aromatic N) is 1. The first-order valence-electron chi connectivity index (χ1n) is 4.64. The lowest BCUT2D eigenvalue weighted by Crippen LogP contribution is -2.30. The lowest BCUT2D eigenvalue weighted by Gasteiger charge is -2.03. The van der Waals surface area contributed by atoms with Crippen LogP contribution in [0.25, 0.3) is 0 Å². The molecule has 0 saturated heterocycles. The molecule has 1 aromatic rings. The maximum atomic E-state index is 11.3. The molecule has 1 aromatic heterocycles. The molecule has 5 nitrogen and oxygen atoms in total. The first-order chi connectivity index (χ1) is 7.22. The van der Waals surface area contributed by atoms with Crippen LogP contribution in [0.3, 0.4) is 0 Å². The maximum absolute atomic E-state index is 11.3. The van der Waals surface area contributed by atoms with Crippen molar-refractivity contribution >= 4 is 22.4 Å². The van der Waals surface area contributed by atoms with Gasteiger partial charge in [-0.2, -0.15) is 0 Å². The van der Waals surface area contributed by atoms with Crippen LogP contribution in [0, 0.1) is 6.92 Å². The van der Waals surface area contributed by atoms with E-state index in [9.17, 15) is 4.79 Å². The molecule has 1 amide bonds. The van der Waals surface area contributed by atoms with Gasteiger partial charge in [-0.25, -0.2) is 4.98 Å². The van der Waals surface area contributed by atoms with E-state index in [2.05, 4.69) is 15.6 Å². The summed E-state index contributed by atoms with van der Waals surface area (Å²) in [5, 5.41) is 6.30. The van der Waals surface area contributed by atoms with Crippen molar-refractivity contribution in [3.63, 3.8) is 0 Å². The van der Waals surface area contributed by atoms with Crippen LogP contribution in [-0.4, -0.2) is 37.7 Å². The number of anilines is 1. The van der Waals surface area contributed by atoms with E-state index in [1.165, 1.54) is 11.3 Å². The number of amides is 1. The van der Waals surface area contributed by atoms with Gasteiger partial charge in [0.15, 0.2) is 5.13 Å². The van der Waals surface area contributed by atoms with Gasteiger partial charge >= 0.3 is 0 Å². The number of carbonyl (C=O) groups excluding carboxylic acids is 1. The van der Waals surface area contributed by atoms with Crippen molar-refractivity contribution in [1.82, 2.24) is 10.3 Å². The SMILES string of the molecule is COCCNCC(=O)Nc1ncc(C)s1. The molecule has 0 aromatic carbocycles. The molecular weight excluding hydrogens is 214 g/mol. The fourth-order valence-electron chi connectivity index (χ4n) is 0.952. The number of rotatable bonds is 6. The largest absolute Gasteiger partial charge is 0.383 e. The fraction of sp³-hybridized carbons (Fsp3) is 0.556. The van der Waals surface area contributed by atoms with E-state index in [4.69, 9.17) is 4.74 Å². The molecule has 0 fully saturated rings. The van der Waals surface area contributed by atoms with Crippen molar-refractivity contribution < 1.29 is 9.53 Å². The zero-order valence-corrected chi connectivity index (χ0v) is 9.69. The Bertz CT molecular complexity index is 314. The second-order valence-corrected chi connectivity index (χ2v) is 4.23. The number of hydrogen-bond donors (Lipinski definition) is 2. The minimum atomic E-state index is -0.0829. The minimum Gasteiger partial charge on any atom is -0.383 e. The molecule has 2 N–H and O–H groups in total. The molecule has 84 valence electrons. The van der Waals surface area contributed by atoms with Crippen LogP contribution < -0.4 is 10.6 Å². The summed E-state index contributed by atoms with van der Waals surface area (Å²) in [6.07, 6.45) is 1.73. The van der Waals surface area contributed by atoms with Gasteiger partial charge < -0.3 is 15.4 Å². The van der Waals surface area contributed by atoms with Crippen LogP contribution in [-0.2, 0) is 9.53 Å². The molecule has 0 aliphatic heterocycles. The smallest absolute Gasteiger partial charge is 0.240 e. The number of carbonyl (C=O) groups is 1. The van der Waals surface area contributed by atoms with Gasteiger partial charge in [-0.05, 0) is 6.92 Å². The van der Waals surface area contributed by atoms with Crippen LogP contribution in [0.1, 0.15) is 4.88 Å². The van der Waals surface area contributed by atoms with Crippen molar-refractivity contribution in [3.05, 3.63) is 11.1 Å².